The van der Waals surface area contributed by atoms with Gasteiger partial charge in [-0.3, -0.25) is 9.98 Å². The van der Waals surface area contributed by atoms with Gasteiger partial charge in [0.05, 0.1) is 25.5 Å². The summed E-state index contributed by atoms with van der Waals surface area (Å²) in [5, 5.41) is 0. The van der Waals surface area contributed by atoms with Crippen molar-refractivity contribution >= 4 is 6.21 Å². The predicted molar refractivity (Wildman–Crippen MR) is 75.2 cm³/mol. The molecule has 0 unspecified atom stereocenters. The lowest BCUT2D eigenvalue weighted by Gasteiger charge is -2.29. The maximum absolute atomic E-state index is 4.49. The van der Waals surface area contributed by atoms with E-state index in [1.165, 1.54) is 0 Å². The first-order chi connectivity index (χ1) is 8.66. The number of quaternary nitrogens is 1. The van der Waals surface area contributed by atoms with Crippen molar-refractivity contribution in [2.45, 2.75) is 13.0 Å². The number of aliphatic imine (C=N–C) groups is 1. The molecule has 0 amide bonds. The van der Waals surface area contributed by atoms with E-state index >= 15 is 0 Å². The van der Waals surface area contributed by atoms with Crippen molar-refractivity contribution in [3.8, 4) is 0 Å². The van der Waals surface area contributed by atoms with Crippen LogP contribution in [0.2, 0.25) is 0 Å². The maximum atomic E-state index is 4.49. The first kappa shape index (κ1) is 12.7. The fourth-order valence-electron chi connectivity index (χ4n) is 2.05. The summed E-state index contributed by atoms with van der Waals surface area (Å²) in [6.07, 6.45) is 11.0. The first-order valence-corrected chi connectivity index (χ1v) is 6.26. The van der Waals surface area contributed by atoms with Gasteiger partial charge in [0.25, 0.3) is 0 Å². The molecule has 2 heterocycles. The van der Waals surface area contributed by atoms with Gasteiger partial charge in [0, 0.05) is 18.8 Å². The zero-order valence-corrected chi connectivity index (χ0v) is 11.1. The minimum atomic E-state index is 0.855. The lowest BCUT2D eigenvalue weighted by Crippen LogP contribution is -2.40. The molecule has 0 saturated heterocycles. The van der Waals surface area contributed by atoms with Gasteiger partial charge in [0.15, 0.2) is 0 Å². The fraction of sp³-hybridized carbons (Fsp3) is 0.333. The standard InChI is InChI=1S/C15H20N3/c1-18(2,13-15-9-5-7-11-17-15)12-14-8-4-3-6-10-16-14/h3-5,7-11H,6,12-13H2,1-2H3/q+1. The van der Waals surface area contributed by atoms with Crippen LogP contribution in [0.25, 0.3) is 0 Å². The average molecular weight is 242 g/mol. The Bertz CT molecular complexity index is 470. The first-order valence-electron chi connectivity index (χ1n) is 6.26. The number of aromatic nitrogens is 1. The van der Waals surface area contributed by atoms with Gasteiger partial charge in [-0.05, 0) is 18.2 Å². The topological polar surface area (TPSA) is 25.2 Å². The Balaban J connectivity index is 2.03. The molecule has 0 radical (unpaired) electrons. The largest absolute Gasteiger partial charge is 0.318 e. The summed E-state index contributed by atoms with van der Waals surface area (Å²) >= 11 is 0. The Hall–Kier alpha value is -1.74. The van der Waals surface area contributed by atoms with E-state index in [0.29, 0.717) is 0 Å². The van der Waals surface area contributed by atoms with Crippen LogP contribution in [-0.4, -0.2) is 36.3 Å². The fourth-order valence-corrected chi connectivity index (χ4v) is 2.05. The zero-order chi connectivity index (χ0) is 12.8. The lowest BCUT2D eigenvalue weighted by atomic mass is 10.2. The number of rotatable bonds is 4. The van der Waals surface area contributed by atoms with Gasteiger partial charge in [-0.15, -0.1) is 0 Å². The second-order valence-corrected chi connectivity index (χ2v) is 5.21. The molecule has 18 heavy (non-hydrogen) atoms. The summed E-state index contributed by atoms with van der Waals surface area (Å²) in [7, 11) is 4.42. The second kappa shape index (κ2) is 5.74. The third kappa shape index (κ3) is 3.93. The van der Waals surface area contributed by atoms with E-state index in [4.69, 9.17) is 0 Å². The van der Waals surface area contributed by atoms with Crippen molar-refractivity contribution in [1.29, 1.82) is 0 Å². The van der Waals surface area contributed by atoms with Crippen molar-refractivity contribution in [3.63, 3.8) is 0 Å². The molecular weight excluding hydrogens is 222 g/mol. The molecule has 1 aromatic rings. The van der Waals surface area contributed by atoms with Crippen molar-refractivity contribution in [3.05, 3.63) is 54.0 Å². The molecule has 0 saturated carbocycles. The highest BCUT2D eigenvalue weighted by molar-refractivity contribution is 5.62. The van der Waals surface area contributed by atoms with Crippen LogP contribution in [0.4, 0.5) is 0 Å². The number of pyridine rings is 1. The minimum absolute atomic E-state index is 0.855. The molecule has 3 heteroatoms. The normalized spacial score (nSPS) is 15.3. The highest BCUT2D eigenvalue weighted by atomic mass is 15.3. The smallest absolute Gasteiger partial charge is 0.121 e. The molecule has 3 nitrogen and oxygen atoms in total. The van der Waals surface area contributed by atoms with Crippen LogP contribution in [0.15, 0.2) is 53.3 Å². The average Bonchev–Trinajstić information content (AvgIpc) is 2.57. The van der Waals surface area contributed by atoms with Gasteiger partial charge >= 0.3 is 0 Å². The number of nitrogens with zero attached hydrogens (tertiary/aromatic N) is 3. The summed E-state index contributed by atoms with van der Waals surface area (Å²) in [6.45, 7) is 1.83. The van der Waals surface area contributed by atoms with Crippen LogP contribution in [-0.2, 0) is 6.54 Å². The third-order valence-corrected chi connectivity index (χ3v) is 2.83. The van der Waals surface area contributed by atoms with Crippen molar-refractivity contribution in [1.82, 2.24) is 4.98 Å². The van der Waals surface area contributed by atoms with E-state index < -0.39 is 0 Å². The molecule has 0 fully saturated rings. The second-order valence-electron chi connectivity index (χ2n) is 5.21. The van der Waals surface area contributed by atoms with Crippen LogP contribution in [0.5, 0.6) is 0 Å². The number of hydrogen-bond acceptors (Lipinski definition) is 2. The van der Waals surface area contributed by atoms with Gasteiger partial charge in [-0.1, -0.05) is 18.2 Å². The van der Waals surface area contributed by atoms with Gasteiger partial charge < -0.3 is 4.48 Å². The summed E-state index contributed by atoms with van der Waals surface area (Å²) in [5.74, 6) is 0. The van der Waals surface area contributed by atoms with Gasteiger partial charge in [-0.25, -0.2) is 0 Å². The SMILES string of the molecule is C[N+](C)(CC1=CC=CCC=N1)Cc1ccccn1. The minimum Gasteiger partial charge on any atom is -0.318 e. The molecule has 0 atom stereocenters. The summed E-state index contributed by atoms with van der Waals surface area (Å²) < 4.78 is 0.855. The van der Waals surface area contributed by atoms with E-state index in [9.17, 15) is 0 Å². The Morgan fingerprint density at radius 2 is 2.11 bits per heavy atom. The van der Waals surface area contributed by atoms with Gasteiger partial charge in [-0.2, -0.15) is 0 Å². The molecule has 0 N–H and O–H groups in total. The van der Waals surface area contributed by atoms with Crippen molar-refractivity contribution in [2.75, 3.05) is 20.6 Å². The van der Waals surface area contributed by atoms with E-state index in [1.54, 1.807) is 0 Å². The summed E-state index contributed by atoms with van der Waals surface area (Å²) in [6, 6.07) is 6.06. The van der Waals surface area contributed by atoms with Crippen LogP contribution in [0, 0.1) is 0 Å². The summed E-state index contributed by atoms with van der Waals surface area (Å²) in [4.78, 5) is 8.88. The van der Waals surface area contributed by atoms with Crippen LogP contribution >= 0.6 is 0 Å². The van der Waals surface area contributed by atoms with E-state index in [2.05, 4.69) is 48.4 Å². The quantitative estimate of drug-likeness (QED) is 0.745. The summed E-state index contributed by atoms with van der Waals surface area (Å²) in [5.41, 5.74) is 2.25. The molecule has 0 bridgehead atoms. The molecular formula is C15H20N3+. The van der Waals surface area contributed by atoms with Crippen LogP contribution < -0.4 is 0 Å². The Kier molecular flexibility index (Phi) is 4.05. The molecule has 1 aliphatic heterocycles. The van der Waals surface area contributed by atoms with Crippen molar-refractivity contribution in [2.24, 2.45) is 4.99 Å². The Morgan fingerprint density at radius 3 is 2.89 bits per heavy atom. The number of likely N-dealkylation sites (N-methyl/N-ethyl adjacent to an activating group) is 1. The molecule has 2 rings (SSSR count). The van der Waals surface area contributed by atoms with Crippen LogP contribution in [0.3, 0.4) is 0 Å². The number of allylic oxidation sites excluding steroid dienone is 3. The molecule has 1 aromatic heterocycles. The molecule has 0 aromatic carbocycles. The van der Waals surface area contributed by atoms with E-state index in [1.807, 2.05) is 24.5 Å². The highest BCUT2D eigenvalue weighted by Gasteiger charge is 2.18. The molecule has 0 spiro atoms. The molecule has 0 aliphatic carbocycles. The maximum Gasteiger partial charge on any atom is 0.121 e. The zero-order valence-electron chi connectivity index (χ0n) is 11.1. The van der Waals surface area contributed by atoms with Gasteiger partial charge in [0.2, 0.25) is 0 Å². The highest BCUT2D eigenvalue weighted by Crippen LogP contribution is 2.12. The Morgan fingerprint density at radius 1 is 1.22 bits per heavy atom. The lowest BCUT2D eigenvalue weighted by molar-refractivity contribution is -0.899. The monoisotopic (exact) mass is 242 g/mol. The molecule has 94 valence electrons. The van der Waals surface area contributed by atoms with E-state index in [0.717, 1.165) is 35.4 Å². The van der Waals surface area contributed by atoms with Crippen LogP contribution in [0.1, 0.15) is 12.1 Å². The Labute approximate surface area is 109 Å². The van der Waals surface area contributed by atoms with E-state index in [-0.39, 0.29) is 0 Å². The number of hydrogen-bond donors (Lipinski definition) is 0. The molecule has 1 aliphatic rings. The third-order valence-electron chi connectivity index (χ3n) is 2.83. The van der Waals surface area contributed by atoms with Crippen molar-refractivity contribution < 1.29 is 4.48 Å². The van der Waals surface area contributed by atoms with Gasteiger partial charge in [0.1, 0.15) is 13.1 Å². The predicted octanol–water partition coefficient (Wildman–Crippen LogP) is 2.57.